The lowest BCUT2D eigenvalue weighted by Crippen LogP contribution is -2.59. The Morgan fingerprint density at radius 3 is 1.94 bits per heavy atom. The van der Waals surface area contributed by atoms with Gasteiger partial charge in [-0.15, -0.1) is 0 Å². The minimum absolute atomic E-state index is 0.0810. The van der Waals surface area contributed by atoms with E-state index in [4.69, 9.17) is 19.9 Å². The number of ether oxygens (including phenoxy) is 3. The molecule has 2 aliphatic rings. The Hall–Kier alpha value is -8.23. The molecule has 11 atom stereocenters. The highest BCUT2D eigenvalue weighted by molar-refractivity contribution is 6.12. The topological polar surface area (TPSA) is 347 Å². The van der Waals surface area contributed by atoms with E-state index < -0.39 is 120 Å². The summed E-state index contributed by atoms with van der Waals surface area (Å²) in [6.07, 6.45) is 2.50. The smallest absolute Gasteiger partial charge is 0.410 e. The molecular formula is C68H103N11O15. The van der Waals surface area contributed by atoms with Crippen LogP contribution in [0.5, 0.6) is 0 Å². The van der Waals surface area contributed by atoms with Gasteiger partial charge < -0.3 is 66.8 Å². The quantitative estimate of drug-likeness (QED) is 0.0249. The van der Waals surface area contributed by atoms with E-state index in [0.717, 1.165) is 9.80 Å². The van der Waals surface area contributed by atoms with Crippen LogP contribution in [-0.4, -0.2) is 192 Å². The highest BCUT2D eigenvalue weighted by atomic mass is 16.6. The first kappa shape index (κ1) is 78.2. The fraction of sp³-hybridized carbons (Fsp3) is 0.603. The second-order valence-electron chi connectivity index (χ2n) is 25.3. The molecule has 26 heteroatoms. The van der Waals surface area contributed by atoms with Crippen LogP contribution in [0, 0.1) is 23.7 Å². The van der Waals surface area contributed by atoms with Crippen molar-refractivity contribution in [1.29, 1.82) is 0 Å². The fourth-order valence-electron chi connectivity index (χ4n) is 11.8. The molecule has 1 saturated heterocycles. The molecule has 4 rings (SSSR count). The number of benzene rings is 2. The molecule has 2 aromatic carbocycles. The lowest BCUT2D eigenvalue weighted by molar-refractivity contribution is -0.145. The van der Waals surface area contributed by atoms with Gasteiger partial charge in [0.1, 0.15) is 30.8 Å². The Balaban J connectivity index is 1.37. The summed E-state index contributed by atoms with van der Waals surface area (Å²) in [5, 5.41) is 27.6. The van der Waals surface area contributed by atoms with E-state index in [9.17, 15) is 57.8 Å². The third-order valence-corrected chi connectivity index (χ3v) is 17.3. The van der Waals surface area contributed by atoms with Crippen molar-refractivity contribution in [2.45, 2.75) is 194 Å². The molecule has 2 aliphatic heterocycles. The van der Waals surface area contributed by atoms with Crippen LogP contribution in [-0.2, 0) is 64.0 Å². The van der Waals surface area contributed by atoms with E-state index in [0.29, 0.717) is 67.5 Å². The van der Waals surface area contributed by atoms with Gasteiger partial charge in [-0.2, -0.15) is 0 Å². The number of nitrogens with one attached hydrogen (secondary N) is 6. The van der Waals surface area contributed by atoms with Gasteiger partial charge in [0, 0.05) is 72.2 Å². The average molecular weight is 1310 g/mol. The first-order chi connectivity index (χ1) is 44.5. The summed E-state index contributed by atoms with van der Waals surface area (Å²) in [5.74, 6) is -6.05. The van der Waals surface area contributed by atoms with Crippen molar-refractivity contribution in [1.82, 2.24) is 46.2 Å². The number of nitrogens with two attached hydrogens (primary N) is 1. The summed E-state index contributed by atoms with van der Waals surface area (Å²) in [4.78, 5) is 152. The Kier molecular flexibility index (Phi) is 31.8. The molecule has 0 spiro atoms. The zero-order chi connectivity index (χ0) is 70.1. The van der Waals surface area contributed by atoms with Gasteiger partial charge in [-0.25, -0.2) is 9.59 Å². The monoisotopic (exact) mass is 1310 g/mol. The van der Waals surface area contributed by atoms with Gasteiger partial charge in [-0.1, -0.05) is 116 Å². The minimum atomic E-state index is -1.12. The molecule has 2 aromatic rings. The number of urea groups is 1. The maximum Gasteiger partial charge on any atom is 0.410 e. The number of amides is 12. The zero-order valence-electron chi connectivity index (χ0n) is 57.1. The SMILES string of the molecule is C=C(CC)[C@@H]([C@@H](CC(=O)N1CCC[C@H]1[C@H](OC)[C@@H](C)C(=O)N[C@H](C)[C@@H](O)c1ccccc1)OC)N(C)C(=O)[C@@H](NC(=O)[C@H](C(C)C)N(C)C(=O)OCc1ccc(NC(=O)[C@H](CCCNC(N)=O)NC(=O)[C@@H](NC(=O)CCCCCN2C(=O)C=CC2=O)C(C)C)cc1)C(C)C. The Bertz CT molecular complexity index is 2930. The number of hydrogen-bond acceptors (Lipinski definition) is 15. The zero-order valence-corrected chi connectivity index (χ0v) is 57.1. The van der Waals surface area contributed by atoms with Crippen molar-refractivity contribution in [3.63, 3.8) is 0 Å². The molecule has 9 N–H and O–H groups in total. The Labute approximate surface area is 553 Å². The van der Waals surface area contributed by atoms with E-state index in [1.54, 1.807) is 104 Å². The summed E-state index contributed by atoms with van der Waals surface area (Å²) in [6.45, 7) is 20.7. The van der Waals surface area contributed by atoms with Crippen LogP contribution in [0.15, 0.2) is 78.9 Å². The second-order valence-corrected chi connectivity index (χ2v) is 25.3. The van der Waals surface area contributed by atoms with E-state index in [-0.39, 0.29) is 74.9 Å². The molecule has 0 aliphatic carbocycles. The number of aliphatic hydroxyl groups is 1. The summed E-state index contributed by atoms with van der Waals surface area (Å²) >= 11 is 0. The molecule has 0 unspecified atom stereocenters. The van der Waals surface area contributed by atoms with Gasteiger partial charge in [0.15, 0.2) is 0 Å². The van der Waals surface area contributed by atoms with E-state index in [1.165, 1.54) is 38.3 Å². The molecule has 0 bridgehead atoms. The van der Waals surface area contributed by atoms with Crippen LogP contribution in [0.4, 0.5) is 15.3 Å². The predicted octanol–water partition coefficient (Wildman–Crippen LogP) is 5.00. The fourth-order valence-corrected chi connectivity index (χ4v) is 11.8. The number of likely N-dealkylation sites (N-methyl/N-ethyl adjacent to an activating group) is 2. The highest BCUT2D eigenvalue weighted by Gasteiger charge is 2.44. The highest BCUT2D eigenvalue weighted by Crippen LogP contribution is 2.30. The number of methoxy groups -OCH3 is 2. The molecule has 26 nitrogen and oxygen atoms in total. The van der Waals surface area contributed by atoms with Gasteiger partial charge in [-0.05, 0) is 92.9 Å². The number of imide groups is 1. The number of carbonyl (C=O) groups is 11. The van der Waals surface area contributed by atoms with E-state index >= 15 is 0 Å². The number of rotatable bonds is 38. The number of likely N-dealkylation sites (tertiary alicyclic amines) is 1. The first-order valence-corrected chi connectivity index (χ1v) is 32.6. The largest absolute Gasteiger partial charge is 0.445 e. The lowest BCUT2D eigenvalue weighted by atomic mass is 9.92. The molecule has 520 valence electrons. The molecule has 12 amide bonds. The van der Waals surface area contributed by atoms with E-state index in [1.807, 2.05) is 25.1 Å². The minimum Gasteiger partial charge on any atom is -0.445 e. The number of anilines is 1. The molecule has 2 heterocycles. The normalized spacial score (nSPS) is 17.0. The number of primary amides is 1. The number of unbranched alkanes of at least 4 members (excludes halogenated alkanes) is 2. The van der Waals surface area contributed by atoms with Crippen molar-refractivity contribution in [2.75, 3.05) is 53.3 Å². The third kappa shape index (κ3) is 22.8. The standard InChI is InChI=1S/C68H103N11O15/c1-15-43(8)59(51(92-13)38-55(83)78-37-23-27-50(78)61(93-14)44(9)62(85)71-45(10)60(84)47-24-18-16-19-25-47)76(11)66(89)57(41(4)5)75-65(88)58(42(6)7)77(12)68(91)94-39-46-29-31-48(32-30-46)72-63(86)49(26-22-35-70-67(69)90)73-64(87)56(40(2)3)74-52(80)28-20-17-21-36-79-53(81)33-34-54(79)82/h16,18-19,24-25,29-34,40-42,44-45,49-51,56-61,84H,8,15,17,20-23,26-28,35-39H2,1-7,9-14H3,(H,71,85)(H,72,86)(H,73,87)(H,74,80)(H,75,88)(H3,69,70,90)/t44-,45-,49+,50+,51-,56+,57+,58+,59+,60-,61-/m1/s1. The van der Waals surface area contributed by atoms with Crippen LogP contribution in [0.1, 0.15) is 144 Å². The number of carbonyl (C=O) groups excluding carboxylic acids is 11. The summed E-state index contributed by atoms with van der Waals surface area (Å²) in [5.41, 5.74) is 7.35. The summed E-state index contributed by atoms with van der Waals surface area (Å²) in [7, 11) is 5.95. The number of nitrogens with zero attached hydrogens (tertiary/aromatic N) is 4. The van der Waals surface area contributed by atoms with Crippen molar-refractivity contribution in [2.24, 2.45) is 29.4 Å². The summed E-state index contributed by atoms with van der Waals surface area (Å²) < 4.78 is 17.7. The van der Waals surface area contributed by atoms with Gasteiger partial charge in [0.2, 0.25) is 41.4 Å². The number of hydrogen-bond donors (Lipinski definition) is 8. The molecular weight excluding hydrogens is 1210 g/mol. The van der Waals surface area contributed by atoms with E-state index in [2.05, 4.69) is 38.5 Å². The average Bonchev–Trinajstić information content (AvgIpc) is 1.33. The maximum atomic E-state index is 14.8. The van der Waals surface area contributed by atoms with Crippen molar-refractivity contribution >= 4 is 71.0 Å². The van der Waals surface area contributed by atoms with Gasteiger partial charge in [-0.3, -0.25) is 53.0 Å². The Morgan fingerprint density at radius 1 is 0.723 bits per heavy atom. The van der Waals surface area contributed by atoms with Gasteiger partial charge >= 0.3 is 12.1 Å². The molecule has 0 aromatic heterocycles. The first-order valence-electron chi connectivity index (χ1n) is 32.6. The van der Waals surface area contributed by atoms with Crippen LogP contribution in [0.3, 0.4) is 0 Å². The maximum absolute atomic E-state index is 14.8. The Morgan fingerprint density at radius 2 is 1.36 bits per heavy atom. The molecule has 1 fully saturated rings. The molecule has 94 heavy (non-hydrogen) atoms. The molecule has 0 saturated carbocycles. The van der Waals surface area contributed by atoms with Crippen molar-refractivity contribution in [3.8, 4) is 0 Å². The van der Waals surface area contributed by atoms with Crippen LogP contribution in [0.25, 0.3) is 0 Å². The van der Waals surface area contributed by atoms with Gasteiger partial charge in [0.25, 0.3) is 11.8 Å². The molecule has 0 radical (unpaired) electrons. The van der Waals surface area contributed by atoms with Crippen LogP contribution < -0.4 is 37.6 Å². The van der Waals surface area contributed by atoms with Crippen LogP contribution in [0.2, 0.25) is 0 Å². The van der Waals surface area contributed by atoms with Crippen molar-refractivity contribution < 1.29 is 72.1 Å². The number of aliphatic hydroxyl groups excluding tert-OH is 1. The summed E-state index contributed by atoms with van der Waals surface area (Å²) in [6, 6.07) is 8.40. The van der Waals surface area contributed by atoms with Crippen LogP contribution >= 0.6 is 0 Å². The second kappa shape index (κ2) is 38.2. The van der Waals surface area contributed by atoms with Gasteiger partial charge in [0.05, 0.1) is 48.8 Å². The lowest BCUT2D eigenvalue weighted by Gasteiger charge is -2.39. The predicted molar refractivity (Wildman–Crippen MR) is 353 cm³/mol. The third-order valence-electron chi connectivity index (χ3n) is 17.3. The van der Waals surface area contributed by atoms with Crippen molar-refractivity contribution in [3.05, 3.63) is 90.0 Å².